The molecule has 1 N–H and O–H groups in total. The lowest BCUT2D eigenvalue weighted by Gasteiger charge is -2.07. The molecule has 0 saturated heterocycles. The maximum Gasteiger partial charge on any atom is 0.137 e. The number of pyridine rings is 1. The second kappa shape index (κ2) is 5.99. The van der Waals surface area contributed by atoms with Crippen molar-refractivity contribution in [3.8, 4) is 5.75 Å². The van der Waals surface area contributed by atoms with Crippen LogP contribution in [0.2, 0.25) is 0 Å². The maximum atomic E-state index is 13.5. The largest absolute Gasteiger partial charge is 0.506 e. The maximum absolute atomic E-state index is 13.5. The summed E-state index contributed by atoms with van der Waals surface area (Å²) in [7, 11) is 0. The molecule has 0 bridgehead atoms. The summed E-state index contributed by atoms with van der Waals surface area (Å²) in [5.74, 6) is -2.86. The summed E-state index contributed by atoms with van der Waals surface area (Å²) < 4.78 is 39.7. The van der Waals surface area contributed by atoms with Crippen molar-refractivity contribution in [2.75, 3.05) is 0 Å². The first-order chi connectivity index (χ1) is 9.88. The van der Waals surface area contributed by atoms with E-state index in [9.17, 15) is 18.3 Å². The molecular formula is C16H14F3NO. The molecule has 0 aliphatic rings. The van der Waals surface area contributed by atoms with Gasteiger partial charge in [-0.3, -0.25) is 4.98 Å². The van der Waals surface area contributed by atoms with Crippen LogP contribution in [-0.4, -0.2) is 10.1 Å². The van der Waals surface area contributed by atoms with Crippen LogP contribution in [0.4, 0.5) is 13.2 Å². The zero-order valence-electron chi connectivity index (χ0n) is 11.6. The summed E-state index contributed by atoms with van der Waals surface area (Å²) in [6.45, 7) is 3.78. The zero-order valence-corrected chi connectivity index (χ0v) is 11.6. The number of aromatic hydroxyl groups is 1. The quantitative estimate of drug-likeness (QED) is 0.904. The molecule has 0 saturated carbocycles. The van der Waals surface area contributed by atoms with Crippen LogP contribution in [0, 0.1) is 17.5 Å². The number of benzene rings is 1. The summed E-state index contributed by atoms with van der Waals surface area (Å²) in [5, 5.41) is 9.81. The summed E-state index contributed by atoms with van der Waals surface area (Å²) in [4.78, 5) is 4.10. The first kappa shape index (κ1) is 15.1. The fraction of sp³-hybridized carbons (Fsp3) is 0.188. The molecule has 21 heavy (non-hydrogen) atoms. The van der Waals surface area contributed by atoms with Gasteiger partial charge in [0.1, 0.15) is 23.2 Å². The Morgan fingerprint density at radius 1 is 1.05 bits per heavy atom. The van der Waals surface area contributed by atoms with E-state index in [4.69, 9.17) is 0 Å². The van der Waals surface area contributed by atoms with Gasteiger partial charge in [0.2, 0.25) is 0 Å². The molecular weight excluding hydrogens is 279 g/mol. The predicted octanol–water partition coefficient (Wildman–Crippen LogP) is 4.50. The molecule has 0 aliphatic heterocycles. The second-order valence-electron chi connectivity index (χ2n) is 4.94. The molecule has 0 aliphatic carbocycles. The van der Waals surface area contributed by atoms with Gasteiger partial charge in [-0.05, 0) is 23.6 Å². The first-order valence-corrected chi connectivity index (χ1v) is 6.40. The van der Waals surface area contributed by atoms with Gasteiger partial charge in [0.25, 0.3) is 0 Å². The average Bonchev–Trinajstić information content (AvgIpc) is 2.36. The van der Waals surface area contributed by atoms with Gasteiger partial charge in [0, 0.05) is 23.9 Å². The van der Waals surface area contributed by atoms with Crippen LogP contribution in [0.5, 0.6) is 5.75 Å². The highest BCUT2D eigenvalue weighted by molar-refractivity contribution is 5.70. The predicted molar refractivity (Wildman–Crippen MR) is 75.2 cm³/mol. The first-order valence-electron chi connectivity index (χ1n) is 6.40. The summed E-state index contributed by atoms with van der Waals surface area (Å²) in [5.41, 5.74) is 0.690. The van der Waals surface area contributed by atoms with Gasteiger partial charge in [-0.1, -0.05) is 19.9 Å². The molecule has 0 amide bonds. The van der Waals surface area contributed by atoms with Gasteiger partial charge < -0.3 is 5.11 Å². The van der Waals surface area contributed by atoms with E-state index in [0.717, 1.165) is 0 Å². The third kappa shape index (κ3) is 3.42. The highest BCUT2D eigenvalue weighted by atomic mass is 19.1. The van der Waals surface area contributed by atoms with Gasteiger partial charge in [-0.2, -0.15) is 0 Å². The monoisotopic (exact) mass is 293 g/mol. The highest BCUT2D eigenvalue weighted by Gasteiger charge is 2.10. The molecule has 1 aromatic carbocycles. The zero-order chi connectivity index (χ0) is 15.6. The molecule has 110 valence electrons. The molecule has 2 rings (SSSR count). The Morgan fingerprint density at radius 3 is 2.19 bits per heavy atom. The Labute approximate surface area is 120 Å². The van der Waals surface area contributed by atoms with Crippen LogP contribution in [-0.2, 0) is 0 Å². The van der Waals surface area contributed by atoms with Crippen molar-refractivity contribution in [3.63, 3.8) is 0 Å². The van der Waals surface area contributed by atoms with Crippen molar-refractivity contribution in [1.29, 1.82) is 0 Å². The van der Waals surface area contributed by atoms with Crippen LogP contribution in [0.25, 0.3) is 12.2 Å². The van der Waals surface area contributed by atoms with Crippen molar-refractivity contribution >= 4 is 12.2 Å². The number of aromatic nitrogens is 1. The SMILES string of the molecule is CC(C)c1ncc(/C=C/c2c(F)cc(F)cc2F)cc1O. The molecule has 2 aromatic rings. The minimum Gasteiger partial charge on any atom is -0.506 e. The second-order valence-corrected chi connectivity index (χ2v) is 4.94. The normalized spacial score (nSPS) is 11.5. The van der Waals surface area contributed by atoms with Crippen LogP contribution in [0.1, 0.15) is 36.6 Å². The Morgan fingerprint density at radius 2 is 1.67 bits per heavy atom. The van der Waals surface area contributed by atoms with Crippen molar-refractivity contribution < 1.29 is 18.3 Å². The van der Waals surface area contributed by atoms with Crippen molar-refractivity contribution in [2.45, 2.75) is 19.8 Å². The van der Waals surface area contributed by atoms with E-state index >= 15 is 0 Å². The van der Waals surface area contributed by atoms with Gasteiger partial charge in [-0.15, -0.1) is 0 Å². The molecule has 0 radical (unpaired) electrons. The van der Waals surface area contributed by atoms with E-state index in [1.54, 1.807) is 0 Å². The molecule has 0 fully saturated rings. The van der Waals surface area contributed by atoms with Crippen LogP contribution in [0.15, 0.2) is 24.4 Å². The molecule has 0 spiro atoms. The third-order valence-electron chi connectivity index (χ3n) is 2.95. The summed E-state index contributed by atoms with van der Waals surface area (Å²) >= 11 is 0. The molecule has 1 heterocycles. The molecule has 0 atom stereocenters. The van der Waals surface area contributed by atoms with Crippen LogP contribution in [0.3, 0.4) is 0 Å². The average molecular weight is 293 g/mol. The fourth-order valence-corrected chi connectivity index (χ4v) is 1.91. The smallest absolute Gasteiger partial charge is 0.137 e. The van der Waals surface area contributed by atoms with Gasteiger partial charge in [0.05, 0.1) is 5.69 Å². The lowest BCUT2D eigenvalue weighted by atomic mass is 10.1. The Hall–Kier alpha value is -2.30. The Bertz CT molecular complexity index is 673. The lowest BCUT2D eigenvalue weighted by molar-refractivity contribution is 0.460. The number of hydrogen-bond donors (Lipinski definition) is 1. The number of halogens is 3. The van der Waals surface area contributed by atoms with E-state index in [1.807, 2.05) is 13.8 Å². The van der Waals surface area contributed by atoms with Crippen molar-refractivity contribution in [1.82, 2.24) is 4.98 Å². The van der Waals surface area contributed by atoms with E-state index in [2.05, 4.69) is 4.98 Å². The third-order valence-corrected chi connectivity index (χ3v) is 2.95. The fourth-order valence-electron chi connectivity index (χ4n) is 1.91. The summed E-state index contributed by atoms with van der Waals surface area (Å²) in [6, 6.07) is 2.68. The van der Waals surface area contributed by atoms with E-state index < -0.39 is 17.5 Å². The number of hydrogen-bond acceptors (Lipinski definition) is 2. The van der Waals surface area contributed by atoms with Crippen molar-refractivity contribution in [3.05, 3.63) is 58.7 Å². The minimum atomic E-state index is -0.986. The van der Waals surface area contributed by atoms with E-state index in [0.29, 0.717) is 23.4 Å². The molecule has 0 unspecified atom stereocenters. The summed E-state index contributed by atoms with van der Waals surface area (Å²) in [6.07, 6.45) is 4.07. The lowest BCUT2D eigenvalue weighted by Crippen LogP contribution is -1.93. The molecule has 5 heteroatoms. The number of rotatable bonds is 3. The Balaban J connectivity index is 2.32. The van der Waals surface area contributed by atoms with E-state index in [1.165, 1.54) is 24.4 Å². The standard InChI is InChI=1S/C16H14F3NO/c1-9(2)16-15(21)5-10(8-20-16)3-4-12-13(18)6-11(17)7-14(12)19/h3-9,21H,1-2H3/b4-3+. The highest BCUT2D eigenvalue weighted by Crippen LogP contribution is 2.25. The van der Waals surface area contributed by atoms with E-state index in [-0.39, 0.29) is 17.2 Å². The van der Waals surface area contributed by atoms with Crippen LogP contribution >= 0.6 is 0 Å². The van der Waals surface area contributed by atoms with Gasteiger partial charge in [-0.25, -0.2) is 13.2 Å². The Kier molecular flexibility index (Phi) is 4.31. The molecule has 1 aromatic heterocycles. The topological polar surface area (TPSA) is 33.1 Å². The van der Waals surface area contributed by atoms with Crippen molar-refractivity contribution in [2.24, 2.45) is 0 Å². The minimum absolute atomic E-state index is 0.0206. The van der Waals surface area contributed by atoms with Gasteiger partial charge >= 0.3 is 0 Å². The van der Waals surface area contributed by atoms with Gasteiger partial charge in [0.15, 0.2) is 0 Å². The van der Waals surface area contributed by atoms with Crippen LogP contribution < -0.4 is 0 Å². The molecule has 2 nitrogen and oxygen atoms in total. The number of nitrogens with zero attached hydrogens (tertiary/aromatic N) is 1.